The van der Waals surface area contributed by atoms with Gasteiger partial charge in [-0.25, -0.2) is 9.97 Å². The standard InChI is InChI=1S/C16H25N5O/c1-13-11-15(18-12-17-13)19-14-4-7-20(8-5-14)9-10-21-6-2-3-16(21)22/h11-12,14H,2-10H2,1H3,(H,17,18,19). The molecule has 2 aliphatic rings. The van der Waals surface area contributed by atoms with Crippen LogP contribution in [0, 0.1) is 6.92 Å². The second kappa shape index (κ2) is 7.05. The molecule has 0 unspecified atom stereocenters. The molecule has 1 amide bonds. The summed E-state index contributed by atoms with van der Waals surface area (Å²) in [5.74, 6) is 1.25. The Morgan fingerprint density at radius 2 is 2.05 bits per heavy atom. The summed E-state index contributed by atoms with van der Waals surface area (Å²) in [4.78, 5) is 24.5. The van der Waals surface area contributed by atoms with Crippen LogP contribution < -0.4 is 5.32 Å². The van der Waals surface area contributed by atoms with Crippen molar-refractivity contribution in [2.24, 2.45) is 0 Å². The van der Waals surface area contributed by atoms with E-state index in [4.69, 9.17) is 0 Å². The van der Waals surface area contributed by atoms with E-state index < -0.39 is 0 Å². The highest BCUT2D eigenvalue weighted by Crippen LogP contribution is 2.16. The Kier molecular flexibility index (Phi) is 4.87. The number of likely N-dealkylation sites (tertiary alicyclic amines) is 2. The van der Waals surface area contributed by atoms with Crippen LogP contribution in [0.4, 0.5) is 5.82 Å². The Balaban J connectivity index is 1.39. The average molecular weight is 303 g/mol. The number of piperidine rings is 1. The number of hydrogen-bond donors (Lipinski definition) is 1. The number of amides is 1. The minimum absolute atomic E-state index is 0.329. The second-order valence-corrected chi connectivity index (χ2v) is 6.29. The molecule has 0 bridgehead atoms. The lowest BCUT2D eigenvalue weighted by molar-refractivity contribution is -0.127. The molecular formula is C16H25N5O. The van der Waals surface area contributed by atoms with Crippen molar-refractivity contribution in [3.8, 4) is 0 Å². The first kappa shape index (κ1) is 15.2. The van der Waals surface area contributed by atoms with Gasteiger partial charge in [0.1, 0.15) is 12.1 Å². The lowest BCUT2D eigenvalue weighted by Gasteiger charge is -2.33. The molecule has 22 heavy (non-hydrogen) atoms. The molecule has 0 spiro atoms. The molecule has 0 radical (unpaired) electrons. The summed E-state index contributed by atoms with van der Waals surface area (Å²) in [6.07, 6.45) is 5.63. The number of nitrogens with one attached hydrogen (secondary N) is 1. The van der Waals surface area contributed by atoms with E-state index in [1.54, 1.807) is 6.33 Å². The van der Waals surface area contributed by atoms with E-state index in [2.05, 4.69) is 20.2 Å². The molecule has 1 N–H and O–H groups in total. The van der Waals surface area contributed by atoms with Gasteiger partial charge in [-0.1, -0.05) is 0 Å². The lowest BCUT2D eigenvalue weighted by Crippen LogP contribution is -2.43. The smallest absolute Gasteiger partial charge is 0.222 e. The van der Waals surface area contributed by atoms with Gasteiger partial charge in [-0.3, -0.25) is 4.79 Å². The molecule has 1 aromatic rings. The van der Waals surface area contributed by atoms with E-state index in [9.17, 15) is 4.79 Å². The zero-order chi connectivity index (χ0) is 15.4. The van der Waals surface area contributed by atoms with E-state index >= 15 is 0 Å². The van der Waals surface area contributed by atoms with E-state index in [-0.39, 0.29) is 0 Å². The molecular weight excluding hydrogens is 278 g/mol. The van der Waals surface area contributed by atoms with Gasteiger partial charge in [-0.05, 0) is 26.2 Å². The van der Waals surface area contributed by atoms with Crippen LogP contribution in [0.1, 0.15) is 31.4 Å². The molecule has 3 rings (SSSR count). The Morgan fingerprint density at radius 3 is 2.73 bits per heavy atom. The summed E-state index contributed by atoms with van der Waals surface area (Å²) in [6, 6.07) is 2.48. The molecule has 120 valence electrons. The molecule has 1 aromatic heterocycles. The molecule has 6 heteroatoms. The van der Waals surface area contributed by atoms with E-state index in [0.717, 1.165) is 69.9 Å². The van der Waals surface area contributed by atoms with E-state index in [0.29, 0.717) is 11.9 Å². The van der Waals surface area contributed by atoms with Crippen LogP contribution in [-0.2, 0) is 4.79 Å². The van der Waals surface area contributed by atoms with E-state index in [1.807, 2.05) is 17.9 Å². The lowest BCUT2D eigenvalue weighted by atomic mass is 10.1. The first-order valence-electron chi connectivity index (χ1n) is 8.26. The van der Waals surface area contributed by atoms with Crippen LogP contribution in [0.25, 0.3) is 0 Å². The number of aromatic nitrogens is 2. The number of nitrogens with zero attached hydrogens (tertiary/aromatic N) is 4. The van der Waals surface area contributed by atoms with Crippen LogP contribution in [0.2, 0.25) is 0 Å². The molecule has 2 saturated heterocycles. The predicted molar refractivity (Wildman–Crippen MR) is 85.7 cm³/mol. The number of hydrogen-bond acceptors (Lipinski definition) is 5. The minimum Gasteiger partial charge on any atom is -0.367 e. The van der Waals surface area contributed by atoms with Crippen molar-refractivity contribution in [2.45, 2.75) is 38.6 Å². The van der Waals surface area contributed by atoms with Crippen molar-refractivity contribution in [1.82, 2.24) is 19.8 Å². The molecule has 6 nitrogen and oxygen atoms in total. The molecule has 0 aliphatic carbocycles. The number of anilines is 1. The molecule has 3 heterocycles. The van der Waals surface area contributed by atoms with E-state index in [1.165, 1.54) is 0 Å². The van der Waals surface area contributed by atoms with Gasteiger partial charge in [0.2, 0.25) is 5.91 Å². The van der Waals surface area contributed by atoms with Crippen LogP contribution in [0.3, 0.4) is 0 Å². The highest BCUT2D eigenvalue weighted by molar-refractivity contribution is 5.78. The van der Waals surface area contributed by atoms with Gasteiger partial charge in [0, 0.05) is 56.9 Å². The van der Waals surface area contributed by atoms with Crippen molar-refractivity contribution in [3.63, 3.8) is 0 Å². The number of rotatable bonds is 5. The molecule has 0 atom stereocenters. The first-order valence-corrected chi connectivity index (χ1v) is 8.26. The third-order valence-corrected chi connectivity index (χ3v) is 4.60. The quantitative estimate of drug-likeness (QED) is 0.888. The predicted octanol–water partition coefficient (Wildman–Crippen LogP) is 1.28. The third kappa shape index (κ3) is 3.94. The maximum absolute atomic E-state index is 11.6. The Morgan fingerprint density at radius 1 is 1.23 bits per heavy atom. The minimum atomic E-state index is 0.329. The first-order chi connectivity index (χ1) is 10.7. The Bertz CT molecular complexity index is 513. The Labute approximate surface area is 131 Å². The summed E-state index contributed by atoms with van der Waals surface area (Å²) in [7, 11) is 0. The summed E-state index contributed by atoms with van der Waals surface area (Å²) in [5, 5.41) is 3.50. The summed E-state index contributed by atoms with van der Waals surface area (Å²) >= 11 is 0. The molecule has 2 aliphatic heterocycles. The van der Waals surface area contributed by atoms with Crippen LogP contribution in [0.15, 0.2) is 12.4 Å². The molecule has 2 fully saturated rings. The van der Waals surface area contributed by atoms with Gasteiger partial charge in [0.25, 0.3) is 0 Å². The maximum Gasteiger partial charge on any atom is 0.222 e. The van der Waals surface area contributed by atoms with Gasteiger partial charge in [0.05, 0.1) is 0 Å². The topological polar surface area (TPSA) is 61.4 Å². The van der Waals surface area contributed by atoms with Crippen molar-refractivity contribution < 1.29 is 4.79 Å². The monoisotopic (exact) mass is 303 g/mol. The number of carbonyl (C=O) groups is 1. The third-order valence-electron chi connectivity index (χ3n) is 4.60. The van der Waals surface area contributed by atoms with Gasteiger partial charge < -0.3 is 15.1 Å². The molecule has 0 saturated carbocycles. The zero-order valence-corrected chi connectivity index (χ0v) is 13.3. The van der Waals surface area contributed by atoms with Crippen molar-refractivity contribution in [3.05, 3.63) is 18.1 Å². The highest BCUT2D eigenvalue weighted by atomic mass is 16.2. The fourth-order valence-corrected chi connectivity index (χ4v) is 3.25. The molecule has 0 aromatic carbocycles. The normalized spacial score (nSPS) is 20.6. The fraction of sp³-hybridized carbons (Fsp3) is 0.688. The van der Waals surface area contributed by atoms with Crippen LogP contribution >= 0.6 is 0 Å². The largest absolute Gasteiger partial charge is 0.367 e. The number of aryl methyl sites for hydroxylation is 1. The van der Waals surface area contributed by atoms with Gasteiger partial charge in [-0.2, -0.15) is 0 Å². The SMILES string of the molecule is Cc1cc(NC2CCN(CCN3CCCC3=O)CC2)ncn1. The van der Waals surface area contributed by atoms with Crippen LogP contribution in [-0.4, -0.2) is 64.4 Å². The van der Waals surface area contributed by atoms with Crippen LogP contribution in [0.5, 0.6) is 0 Å². The summed E-state index contributed by atoms with van der Waals surface area (Å²) in [5.41, 5.74) is 0.991. The van der Waals surface area contributed by atoms with Gasteiger partial charge >= 0.3 is 0 Å². The summed E-state index contributed by atoms with van der Waals surface area (Å²) < 4.78 is 0. The highest BCUT2D eigenvalue weighted by Gasteiger charge is 2.23. The maximum atomic E-state index is 11.6. The summed E-state index contributed by atoms with van der Waals surface area (Å²) in [6.45, 7) is 7.00. The average Bonchev–Trinajstić information content (AvgIpc) is 2.92. The second-order valence-electron chi connectivity index (χ2n) is 6.29. The Hall–Kier alpha value is -1.69. The van der Waals surface area contributed by atoms with Gasteiger partial charge in [-0.15, -0.1) is 0 Å². The number of carbonyl (C=O) groups excluding carboxylic acids is 1. The fourth-order valence-electron chi connectivity index (χ4n) is 3.25. The van der Waals surface area contributed by atoms with Crippen molar-refractivity contribution >= 4 is 11.7 Å². The van der Waals surface area contributed by atoms with Gasteiger partial charge in [0.15, 0.2) is 0 Å². The van der Waals surface area contributed by atoms with Crippen molar-refractivity contribution in [1.29, 1.82) is 0 Å². The zero-order valence-electron chi connectivity index (χ0n) is 13.3. The van der Waals surface area contributed by atoms with Crippen molar-refractivity contribution in [2.75, 3.05) is 38.0 Å².